The molecule has 14 nitrogen and oxygen atoms in total. The van der Waals surface area contributed by atoms with Crippen LogP contribution >= 0.6 is 0 Å². The van der Waals surface area contributed by atoms with Gasteiger partial charge in [0, 0.05) is 6.42 Å². The van der Waals surface area contributed by atoms with Crippen LogP contribution in [0.5, 0.6) is 5.75 Å². The van der Waals surface area contributed by atoms with E-state index in [4.69, 9.17) is 22.3 Å². The molecular weight excluding hydrogens is 476 g/mol. The number of rotatable bonds is 16. The van der Waals surface area contributed by atoms with Crippen molar-refractivity contribution in [3.63, 3.8) is 0 Å². The third-order valence-electron chi connectivity index (χ3n) is 5.14. The molecule has 0 heterocycles. The molecule has 1 rings (SSSR count). The van der Waals surface area contributed by atoms with Gasteiger partial charge < -0.3 is 48.5 Å². The fraction of sp³-hybridized carbons (Fsp3) is 0.500. The molecule has 200 valence electrons. The maximum atomic E-state index is 13.0. The zero-order chi connectivity index (χ0) is 27.3. The van der Waals surface area contributed by atoms with Crippen molar-refractivity contribution in [2.24, 2.45) is 17.2 Å². The van der Waals surface area contributed by atoms with Gasteiger partial charge in [0.05, 0.1) is 13.0 Å². The molecule has 0 radical (unpaired) electrons. The number of carbonyl (C=O) groups is 5. The molecule has 0 fully saturated rings. The number of nitrogens with one attached hydrogen (secondary N) is 3. The minimum absolute atomic E-state index is 0.0243. The first kappa shape index (κ1) is 30.3. The zero-order valence-electron chi connectivity index (χ0n) is 19.7. The third-order valence-corrected chi connectivity index (χ3v) is 5.14. The van der Waals surface area contributed by atoms with Crippen LogP contribution in [0.2, 0.25) is 0 Å². The molecule has 36 heavy (non-hydrogen) atoms. The number of aliphatic hydroxyl groups excluding tert-OH is 1. The van der Waals surface area contributed by atoms with Crippen LogP contribution < -0.4 is 33.2 Å². The number of unbranched alkanes of at least 4 members (excludes halogenated alkanes) is 1. The van der Waals surface area contributed by atoms with Crippen LogP contribution in [-0.4, -0.2) is 82.2 Å². The van der Waals surface area contributed by atoms with Gasteiger partial charge in [0.2, 0.25) is 23.6 Å². The molecule has 0 aromatic heterocycles. The minimum Gasteiger partial charge on any atom is -0.508 e. The second kappa shape index (κ2) is 15.3. The highest BCUT2D eigenvalue weighted by Crippen LogP contribution is 2.12. The summed E-state index contributed by atoms with van der Waals surface area (Å²) < 4.78 is 0. The van der Waals surface area contributed by atoms with Crippen molar-refractivity contribution in [1.29, 1.82) is 0 Å². The quantitative estimate of drug-likeness (QED) is 0.101. The molecule has 1 aromatic rings. The SMILES string of the molecule is NCCCCC(NC(=O)C(CC(N)=O)NC(=O)C(Cc1ccc(O)cc1)NC(=O)C(N)CO)C(=O)O. The number of aliphatic carboxylic acids is 1. The van der Waals surface area contributed by atoms with E-state index in [-0.39, 0.29) is 18.6 Å². The molecule has 0 saturated heterocycles. The number of primary amides is 1. The van der Waals surface area contributed by atoms with Crippen molar-refractivity contribution >= 4 is 29.6 Å². The van der Waals surface area contributed by atoms with E-state index in [1.165, 1.54) is 24.3 Å². The maximum Gasteiger partial charge on any atom is 0.326 e. The van der Waals surface area contributed by atoms with Crippen LogP contribution in [0.15, 0.2) is 24.3 Å². The molecule has 0 aliphatic carbocycles. The standard InChI is InChI=1S/C22H34N6O8/c23-8-2-1-3-15(22(35)36)26-21(34)17(10-18(25)31)28-20(33)16(27-19(32)14(24)11-29)9-12-4-6-13(30)7-5-12/h4-7,14-17,29-30H,1-3,8-11,23-24H2,(H2,25,31)(H,26,34)(H,27,32)(H,28,33)(H,35,36). The number of carboxylic acid groups (broad SMARTS) is 1. The minimum atomic E-state index is -1.53. The molecule has 4 amide bonds. The zero-order valence-corrected chi connectivity index (χ0v) is 19.7. The van der Waals surface area contributed by atoms with Crippen LogP contribution in [0.3, 0.4) is 0 Å². The predicted octanol–water partition coefficient (Wildman–Crippen LogP) is -3.20. The summed E-state index contributed by atoms with van der Waals surface area (Å²) in [7, 11) is 0. The molecule has 12 N–H and O–H groups in total. The Morgan fingerprint density at radius 2 is 1.42 bits per heavy atom. The van der Waals surface area contributed by atoms with E-state index in [1.807, 2.05) is 0 Å². The number of phenols is 1. The Labute approximate surface area is 207 Å². The highest BCUT2D eigenvalue weighted by atomic mass is 16.4. The molecule has 4 atom stereocenters. The lowest BCUT2D eigenvalue weighted by atomic mass is 10.0. The number of carboxylic acids is 1. The Morgan fingerprint density at radius 1 is 0.861 bits per heavy atom. The fourth-order valence-corrected chi connectivity index (χ4v) is 3.14. The largest absolute Gasteiger partial charge is 0.508 e. The highest BCUT2D eigenvalue weighted by molar-refractivity contribution is 5.96. The molecule has 0 bridgehead atoms. The monoisotopic (exact) mass is 510 g/mol. The molecule has 0 saturated carbocycles. The summed E-state index contributed by atoms with van der Waals surface area (Å²) in [5, 5.41) is 35.0. The van der Waals surface area contributed by atoms with Crippen molar-refractivity contribution in [3.05, 3.63) is 29.8 Å². The van der Waals surface area contributed by atoms with Crippen molar-refractivity contribution in [3.8, 4) is 5.75 Å². The normalized spacial score (nSPS) is 14.1. The van der Waals surface area contributed by atoms with Gasteiger partial charge in [-0.3, -0.25) is 19.2 Å². The van der Waals surface area contributed by atoms with Gasteiger partial charge in [-0.15, -0.1) is 0 Å². The van der Waals surface area contributed by atoms with Gasteiger partial charge in [0.1, 0.15) is 29.9 Å². The number of hydrogen-bond acceptors (Lipinski definition) is 9. The summed E-state index contributed by atoms with van der Waals surface area (Å²) in [6, 6.07) is 0.290. The summed E-state index contributed by atoms with van der Waals surface area (Å²) in [5.74, 6) is -4.96. The van der Waals surface area contributed by atoms with E-state index in [1.54, 1.807) is 0 Å². The maximum absolute atomic E-state index is 13.0. The Bertz CT molecular complexity index is 910. The Balaban J connectivity index is 3.08. The van der Waals surface area contributed by atoms with Gasteiger partial charge in [-0.25, -0.2) is 4.79 Å². The molecule has 4 unspecified atom stereocenters. The van der Waals surface area contributed by atoms with Crippen LogP contribution in [0.4, 0.5) is 0 Å². The predicted molar refractivity (Wildman–Crippen MR) is 127 cm³/mol. The van der Waals surface area contributed by atoms with E-state index < -0.39 is 66.8 Å². The average Bonchev–Trinajstić information content (AvgIpc) is 2.82. The van der Waals surface area contributed by atoms with Gasteiger partial charge in [-0.2, -0.15) is 0 Å². The molecular formula is C22H34N6O8. The van der Waals surface area contributed by atoms with Gasteiger partial charge in [-0.05, 0) is 43.5 Å². The van der Waals surface area contributed by atoms with Gasteiger partial charge in [-0.1, -0.05) is 12.1 Å². The Hall–Kier alpha value is -3.75. The second-order valence-electron chi connectivity index (χ2n) is 8.14. The Morgan fingerprint density at radius 3 is 1.94 bits per heavy atom. The first-order valence-corrected chi connectivity index (χ1v) is 11.2. The number of aromatic hydroxyl groups is 1. The van der Waals surface area contributed by atoms with Crippen molar-refractivity contribution in [2.45, 2.75) is 56.3 Å². The molecule has 0 aliphatic heterocycles. The number of hydrogen-bond donors (Lipinski definition) is 9. The smallest absolute Gasteiger partial charge is 0.326 e. The lowest BCUT2D eigenvalue weighted by molar-refractivity contribution is -0.142. The summed E-state index contributed by atoms with van der Waals surface area (Å²) >= 11 is 0. The van der Waals surface area contributed by atoms with Crippen LogP contribution in [0.1, 0.15) is 31.2 Å². The van der Waals surface area contributed by atoms with Crippen LogP contribution in [0.25, 0.3) is 0 Å². The van der Waals surface area contributed by atoms with Crippen molar-refractivity contribution < 1.29 is 39.3 Å². The van der Waals surface area contributed by atoms with Crippen molar-refractivity contribution in [1.82, 2.24) is 16.0 Å². The second-order valence-corrected chi connectivity index (χ2v) is 8.14. The molecule has 0 spiro atoms. The number of phenolic OH excluding ortho intramolecular Hbond substituents is 1. The van der Waals surface area contributed by atoms with Gasteiger partial charge in [0.25, 0.3) is 0 Å². The summed E-state index contributed by atoms with van der Waals surface area (Å²) in [5.41, 5.74) is 16.6. The van der Waals surface area contributed by atoms with E-state index >= 15 is 0 Å². The van der Waals surface area contributed by atoms with E-state index in [0.29, 0.717) is 24.9 Å². The average molecular weight is 511 g/mol. The highest BCUT2D eigenvalue weighted by Gasteiger charge is 2.31. The number of carbonyl (C=O) groups excluding carboxylic acids is 4. The van der Waals surface area contributed by atoms with Gasteiger partial charge in [0.15, 0.2) is 0 Å². The third kappa shape index (κ3) is 10.7. The van der Waals surface area contributed by atoms with E-state index in [9.17, 15) is 34.2 Å². The summed E-state index contributed by atoms with van der Waals surface area (Å²) in [4.78, 5) is 61.1. The number of benzene rings is 1. The van der Waals surface area contributed by atoms with Crippen LogP contribution in [0, 0.1) is 0 Å². The summed E-state index contributed by atoms with van der Waals surface area (Å²) in [6.07, 6.45) is 0.302. The first-order chi connectivity index (χ1) is 17.0. The number of amides is 4. The van der Waals surface area contributed by atoms with E-state index in [0.717, 1.165) is 0 Å². The lowest BCUT2D eigenvalue weighted by Gasteiger charge is -2.24. The summed E-state index contributed by atoms with van der Waals surface area (Å²) in [6.45, 7) is -0.346. The molecule has 1 aromatic carbocycles. The topological polar surface area (TPSA) is 260 Å². The molecule has 0 aliphatic rings. The molecule has 14 heteroatoms. The van der Waals surface area contributed by atoms with Crippen molar-refractivity contribution in [2.75, 3.05) is 13.2 Å². The number of nitrogens with two attached hydrogens (primary N) is 3. The first-order valence-electron chi connectivity index (χ1n) is 11.2. The van der Waals surface area contributed by atoms with Crippen LogP contribution in [-0.2, 0) is 30.4 Å². The number of aliphatic hydroxyl groups is 1. The Kier molecular flexibility index (Phi) is 12.9. The fourth-order valence-electron chi connectivity index (χ4n) is 3.14. The lowest BCUT2D eigenvalue weighted by Crippen LogP contribution is -2.58. The van der Waals surface area contributed by atoms with E-state index in [2.05, 4.69) is 16.0 Å². The van der Waals surface area contributed by atoms with Gasteiger partial charge >= 0.3 is 5.97 Å².